The molecule has 3 rings (SSSR count). The average molecular weight is 285 g/mol. The molecule has 1 aromatic carbocycles. The molecule has 5 nitrogen and oxygen atoms in total. The summed E-state index contributed by atoms with van der Waals surface area (Å²) in [6.07, 6.45) is 2.55. The first kappa shape index (κ1) is 14.0. The summed E-state index contributed by atoms with van der Waals surface area (Å²) in [6.45, 7) is 2.57. The fourth-order valence-corrected chi connectivity index (χ4v) is 2.68. The van der Waals surface area contributed by atoms with Crippen molar-refractivity contribution in [3.05, 3.63) is 42.1 Å². The van der Waals surface area contributed by atoms with E-state index in [0.29, 0.717) is 12.2 Å². The Kier molecular flexibility index (Phi) is 3.86. The van der Waals surface area contributed by atoms with E-state index in [1.165, 1.54) is 0 Å². The molecule has 0 bridgehead atoms. The molecule has 3 unspecified atom stereocenters. The zero-order valence-corrected chi connectivity index (χ0v) is 12.0. The second-order valence-corrected chi connectivity index (χ2v) is 5.30. The Bertz CT molecular complexity index is 657. The van der Waals surface area contributed by atoms with Crippen LogP contribution in [0.4, 0.5) is 0 Å². The molecule has 1 saturated carbocycles. The van der Waals surface area contributed by atoms with Gasteiger partial charge in [0.2, 0.25) is 0 Å². The molecule has 21 heavy (non-hydrogen) atoms. The highest BCUT2D eigenvalue weighted by Gasteiger charge is 2.40. The normalized spacial score (nSPS) is 24.6. The van der Waals surface area contributed by atoms with E-state index in [4.69, 9.17) is 10.5 Å². The van der Waals surface area contributed by atoms with Crippen molar-refractivity contribution in [2.75, 3.05) is 6.61 Å². The van der Waals surface area contributed by atoms with Gasteiger partial charge in [-0.1, -0.05) is 6.07 Å². The van der Waals surface area contributed by atoms with Crippen LogP contribution in [0.15, 0.2) is 36.5 Å². The minimum absolute atomic E-state index is 0.0241. The SMILES string of the molecule is CCOC1CC(N)C1NC(=O)c1ccc2ncccc2c1. The molecule has 1 aliphatic carbocycles. The highest BCUT2D eigenvalue weighted by Crippen LogP contribution is 2.23. The van der Waals surface area contributed by atoms with Crippen molar-refractivity contribution < 1.29 is 9.53 Å². The van der Waals surface area contributed by atoms with E-state index in [9.17, 15) is 4.79 Å². The number of amides is 1. The Morgan fingerprint density at radius 2 is 2.33 bits per heavy atom. The highest BCUT2D eigenvalue weighted by molar-refractivity contribution is 5.98. The van der Waals surface area contributed by atoms with Crippen LogP contribution in [0.3, 0.4) is 0 Å². The van der Waals surface area contributed by atoms with Crippen LogP contribution in [0.5, 0.6) is 0 Å². The van der Waals surface area contributed by atoms with E-state index >= 15 is 0 Å². The number of fused-ring (bicyclic) bond motifs is 1. The van der Waals surface area contributed by atoms with Gasteiger partial charge in [-0.2, -0.15) is 0 Å². The number of pyridine rings is 1. The lowest BCUT2D eigenvalue weighted by atomic mass is 9.83. The van der Waals surface area contributed by atoms with Gasteiger partial charge in [0.15, 0.2) is 0 Å². The molecule has 0 spiro atoms. The Morgan fingerprint density at radius 3 is 3.10 bits per heavy atom. The zero-order valence-electron chi connectivity index (χ0n) is 12.0. The van der Waals surface area contributed by atoms with Crippen LogP contribution >= 0.6 is 0 Å². The van der Waals surface area contributed by atoms with Crippen LogP contribution in [0, 0.1) is 0 Å². The van der Waals surface area contributed by atoms with Gasteiger partial charge in [-0.05, 0) is 37.6 Å². The lowest BCUT2D eigenvalue weighted by Crippen LogP contribution is -2.64. The molecule has 1 aliphatic rings. The summed E-state index contributed by atoms with van der Waals surface area (Å²) in [6, 6.07) is 9.14. The third-order valence-electron chi connectivity index (χ3n) is 3.91. The number of ether oxygens (including phenoxy) is 1. The molecule has 3 atom stereocenters. The number of carbonyl (C=O) groups excluding carboxylic acids is 1. The van der Waals surface area contributed by atoms with Gasteiger partial charge >= 0.3 is 0 Å². The molecule has 1 aromatic heterocycles. The van der Waals surface area contributed by atoms with Crippen LogP contribution in [-0.2, 0) is 4.74 Å². The first-order valence-electron chi connectivity index (χ1n) is 7.22. The minimum Gasteiger partial charge on any atom is -0.376 e. The van der Waals surface area contributed by atoms with E-state index in [1.54, 1.807) is 12.3 Å². The van der Waals surface area contributed by atoms with Crippen LogP contribution < -0.4 is 11.1 Å². The smallest absolute Gasteiger partial charge is 0.251 e. The third kappa shape index (κ3) is 2.75. The maximum Gasteiger partial charge on any atom is 0.251 e. The Balaban J connectivity index is 1.74. The number of aromatic nitrogens is 1. The number of rotatable bonds is 4. The van der Waals surface area contributed by atoms with Gasteiger partial charge in [0.25, 0.3) is 5.91 Å². The predicted molar refractivity (Wildman–Crippen MR) is 81.0 cm³/mol. The second kappa shape index (κ2) is 5.79. The topological polar surface area (TPSA) is 77.2 Å². The highest BCUT2D eigenvalue weighted by atomic mass is 16.5. The van der Waals surface area contributed by atoms with Crippen molar-refractivity contribution >= 4 is 16.8 Å². The van der Waals surface area contributed by atoms with Crippen LogP contribution in [-0.4, -0.2) is 35.7 Å². The third-order valence-corrected chi connectivity index (χ3v) is 3.91. The molecule has 5 heteroatoms. The number of hydrogen-bond donors (Lipinski definition) is 2. The van der Waals surface area contributed by atoms with Crippen molar-refractivity contribution in [3.8, 4) is 0 Å². The van der Waals surface area contributed by atoms with Gasteiger partial charge in [0.05, 0.1) is 17.7 Å². The van der Waals surface area contributed by atoms with Crippen molar-refractivity contribution in [2.45, 2.75) is 31.5 Å². The average Bonchev–Trinajstić information content (AvgIpc) is 2.51. The van der Waals surface area contributed by atoms with Crippen LogP contribution in [0.1, 0.15) is 23.7 Å². The summed E-state index contributed by atoms with van der Waals surface area (Å²) >= 11 is 0. The quantitative estimate of drug-likeness (QED) is 0.891. The molecule has 0 saturated heterocycles. The number of nitrogens with zero attached hydrogens (tertiary/aromatic N) is 1. The summed E-state index contributed by atoms with van der Waals surface area (Å²) in [7, 11) is 0. The lowest BCUT2D eigenvalue weighted by molar-refractivity contribution is -0.0300. The molecule has 1 heterocycles. The molecular formula is C16H19N3O2. The van der Waals surface area contributed by atoms with E-state index < -0.39 is 0 Å². The molecule has 3 N–H and O–H groups in total. The summed E-state index contributed by atoms with van der Waals surface area (Å²) < 4.78 is 5.56. The van der Waals surface area contributed by atoms with Crippen molar-refractivity contribution in [1.82, 2.24) is 10.3 Å². The van der Waals surface area contributed by atoms with Gasteiger partial charge in [0.1, 0.15) is 0 Å². The standard InChI is InChI=1S/C16H19N3O2/c1-2-21-14-9-12(17)15(14)19-16(20)11-5-6-13-10(8-11)4-3-7-18-13/h3-8,12,14-15H,2,9,17H2,1H3,(H,19,20). The monoisotopic (exact) mass is 285 g/mol. The van der Waals surface area contributed by atoms with E-state index in [1.807, 2.05) is 31.2 Å². The Hall–Kier alpha value is -1.98. The number of nitrogens with one attached hydrogen (secondary N) is 1. The fraction of sp³-hybridized carbons (Fsp3) is 0.375. The van der Waals surface area contributed by atoms with Gasteiger partial charge in [-0.3, -0.25) is 9.78 Å². The summed E-state index contributed by atoms with van der Waals surface area (Å²) in [5.74, 6) is -0.120. The second-order valence-electron chi connectivity index (χ2n) is 5.30. The molecule has 1 amide bonds. The Morgan fingerprint density at radius 1 is 1.48 bits per heavy atom. The summed E-state index contributed by atoms with van der Waals surface area (Å²) in [5, 5.41) is 3.92. The van der Waals surface area contributed by atoms with Crippen molar-refractivity contribution in [1.29, 1.82) is 0 Å². The molecule has 1 fully saturated rings. The number of benzene rings is 1. The summed E-state index contributed by atoms with van der Waals surface area (Å²) in [5.41, 5.74) is 7.45. The molecule has 0 aliphatic heterocycles. The van der Waals surface area contributed by atoms with E-state index in [0.717, 1.165) is 17.3 Å². The molecular weight excluding hydrogens is 266 g/mol. The van der Waals surface area contributed by atoms with E-state index in [-0.39, 0.29) is 24.1 Å². The van der Waals surface area contributed by atoms with Crippen LogP contribution in [0.25, 0.3) is 10.9 Å². The zero-order chi connectivity index (χ0) is 14.8. The first-order valence-corrected chi connectivity index (χ1v) is 7.22. The van der Waals surface area contributed by atoms with Crippen molar-refractivity contribution in [3.63, 3.8) is 0 Å². The largest absolute Gasteiger partial charge is 0.376 e. The van der Waals surface area contributed by atoms with Crippen molar-refractivity contribution in [2.24, 2.45) is 5.73 Å². The maximum atomic E-state index is 12.3. The van der Waals surface area contributed by atoms with Gasteiger partial charge in [-0.15, -0.1) is 0 Å². The van der Waals surface area contributed by atoms with Gasteiger partial charge < -0.3 is 15.8 Å². The first-order chi connectivity index (χ1) is 10.2. The lowest BCUT2D eigenvalue weighted by Gasteiger charge is -2.42. The number of hydrogen-bond acceptors (Lipinski definition) is 4. The molecule has 110 valence electrons. The molecule has 2 aromatic rings. The molecule has 0 radical (unpaired) electrons. The fourth-order valence-electron chi connectivity index (χ4n) is 2.68. The van der Waals surface area contributed by atoms with Gasteiger partial charge in [-0.25, -0.2) is 0 Å². The number of nitrogens with two attached hydrogens (primary N) is 1. The van der Waals surface area contributed by atoms with Crippen LogP contribution in [0.2, 0.25) is 0 Å². The summed E-state index contributed by atoms with van der Waals surface area (Å²) in [4.78, 5) is 16.6. The van der Waals surface area contributed by atoms with Gasteiger partial charge in [0, 0.05) is 29.8 Å². The number of carbonyl (C=O) groups is 1. The Labute approximate surface area is 123 Å². The van der Waals surface area contributed by atoms with E-state index in [2.05, 4.69) is 10.3 Å². The minimum atomic E-state index is -0.120. The predicted octanol–water partition coefficient (Wildman–Crippen LogP) is 1.47. The maximum absolute atomic E-state index is 12.3.